The first-order valence-electron chi connectivity index (χ1n) is 5.15. The van der Waals surface area contributed by atoms with E-state index in [0.717, 1.165) is 0 Å². The van der Waals surface area contributed by atoms with Crippen molar-refractivity contribution in [3.05, 3.63) is 11.7 Å². The van der Waals surface area contributed by atoms with Crippen molar-refractivity contribution in [2.24, 2.45) is 0 Å². The van der Waals surface area contributed by atoms with Crippen molar-refractivity contribution in [3.8, 4) is 0 Å². The summed E-state index contributed by atoms with van der Waals surface area (Å²) in [4.78, 5) is 14.5. The summed E-state index contributed by atoms with van der Waals surface area (Å²) in [5.41, 5.74) is -0.136. The summed E-state index contributed by atoms with van der Waals surface area (Å²) in [5, 5.41) is 15.2. The molecule has 0 fully saturated rings. The second-order valence-electron chi connectivity index (χ2n) is 4.58. The van der Waals surface area contributed by atoms with Crippen LogP contribution in [0.1, 0.15) is 38.9 Å². The minimum absolute atomic E-state index is 0.0836. The molecule has 0 aliphatic rings. The predicted octanol–water partition coefficient (Wildman–Crippen LogP) is 0.931. The average molecular weight is 227 g/mol. The third-order valence-electron chi connectivity index (χ3n) is 1.93. The first kappa shape index (κ1) is 12.6. The fraction of sp³-hybridized carbons (Fsp3) is 0.700. The van der Waals surface area contributed by atoms with Crippen molar-refractivity contribution < 1.29 is 14.4 Å². The van der Waals surface area contributed by atoms with Crippen LogP contribution in [0.2, 0.25) is 0 Å². The zero-order valence-electron chi connectivity index (χ0n) is 9.78. The van der Waals surface area contributed by atoms with Gasteiger partial charge in [0.15, 0.2) is 5.82 Å². The largest absolute Gasteiger partial charge is 0.481 e. The number of nitrogens with zero attached hydrogens (tertiary/aromatic N) is 2. The van der Waals surface area contributed by atoms with Crippen LogP contribution >= 0.6 is 0 Å². The lowest BCUT2D eigenvalue weighted by Crippen LogP contribution is -2.18. The number of carbonyl (C=O) groups is 1. The third kappa shape index (κ3) is 3.98. The molecule has 0 saturated carbocycles. The second-order valence-corrected chi connectivity index (χ2v) is 4.58. The molecule has 0 unspecified atom stereocenters. The summed E-state index contributed by atoms with van der Waals surface area (Å²) >= 11 is 0. The van der Waals surface area contributed by atoms with Crippen molar-refractivity contribution in [1.82, 2.24) is 15.5 Å². The van der Waals surface area contributed by atoms with E-state index in [-0.39, 0.29) is 11.8 Å². The maximum atomic E-state index is 10.3. The van der Waals surface area contributed by atoms with E-state index in [4.69, 9.17) is 9.63 Å². The third-order valence-corrected chi connectivity index (χ3v) is 1.93. The molecule has 1 aromatic heterocycles. The Labute approximate surface area is 94.0 Å². The zero-order valence-corrected chi connectivity index (χ0v) is 9.78. The number of hydrogen-bond donors (Lipinski definition) is 2. The Hall–Kier alpha value is -1.43. The van der Waals surface area contributed by atoms with E-state index in [9.17, 15) is 4.79 Å². The monoisotopic (exact) mass is 227 g/mol. The number of nitrogens with one attached hydrogen (secondary N) is 1. The van der Waals surface area contributed by atoms with E-state index >= 15 is 0 Å². The number of carboxylic acids is 1. The summed E-state index contributed by atoms with van der Waals surface area (Å²) in [6.45, 7) is 6.79. The van der Waals surface area contributed by atoms with Gasteiger partial charge in [-0.05, 0) is 0 Å². The molecule has 0 aromatic carbocycles. The molecule has 16 heavy (non-hydrogen) atoms. The lowest BCUT2D eigenvalue weighted by molar-refractivity contribution is -0.136. The molecule has 0 aliphatic carbocycles. The molecule has 2 N–H and O–H groups in total. The lowest BCUT2D eigenvalue weighted by atomic mass is 9.96. The van der Waals surface area contributed by atoms with Crippen LogP contribution < -0.4 is 5.32 Å². The average Bonchev–Trinajstić information content (AvgIpc) is 2.59. The van der Waals surface area contributed by atoms with Gasteiger partial charge in [0.1, 0.15) is 0 Å². The lowest BCUT2D eigenvalue weighted by Gasteiger charge is -2.10. The summed E-state index contributed by atoms with van der Waals surface area (Å²) in [7, 11) is 0. The maximum absolute atomic E-state index is 10.3. The number of rotatable bonds is 5. The van der Waals surface area contributed by atoms with Crippen LogP contribution in [0, 0.1) is 0 Å². The molecule has 1 rings (SSSR count). The molecular formula is C10H17N3O3. The Balaban J connectivity index is 2.38. The molecule has 0 radical (unpaired) electrons. The molecule has 1 aromatic rings. The number of hydrogen-bond acceptors (Lipinski definition) is 5. The van der Waals surface area contributed by atoms with Crippen LogP contribution in [-0.4, -0.2) is 27.8 Å². The van der Waals surface area contributed by atoms with Gasteiger partial charge in [0, 0.05) is 12.0 Å². The Morgan fingerprint density at radius 2 is 2.19 bits per heavy atom. The highest BCUT2D eigenvalue weighted by Gasteiger charge is 2.20. The SMILES string of the molecule is CC(C)(C)c1noc(CNCCC(=O)O)n1. The quantitative estimate of drug-likeness (QED) is 0.727. The van der Waals surface area contributed by atoms with E-state index in [2.05, 4.69) is 15.5 Å². The second kappa shape index (κ2) is 5.07. The molecular weight excluding hydrogens is 210 g/mol. The maximum Gasteiger partial charge on any atom is 0.304 e. The van der Waals surface area contributed by atoms with Crippen LogP contribution in [0.5, 0.6) is 0 Å². The van der Waals surface area contributed by atoms with Crippen LogP contribution in [0.4, 0.5) is 0 Å². The molecule has 0 aliphatic heterocycles. The molecule has 6 nitrogen and oxygen atoms in total. The van der Waals surface area contributed by atoms with Crippen molar-refractivity contribution in [2.45, 2.75) is 39.2 Å². The van der Waals surface area contributed by atoms with Gasteiger partial charge in [-0.15, -0.1) is 0 Å². The van der Waals surface area contributed by atoms with Gasteiger partial charge in [0.2, 0.25) is 5.89 Å². The number of carboxylic acid groups (broad SMARTS) is 1. The summed E-state index contributed by atoms with van der Waals surface area (Å²) in [6, 6.07) is 0. The van der Waals surface area contributed by atoms with Gasteiger partial charge < -0.3 is 14.9 Å². The van der Waals surface area contributed by atoms with Gasteiger partial charge in [-0.1, -0.05) is 25.9 Å². The van der Waals surface area contributed by atoms with E-state index < -0.39 is 5.97 Å². The molecule has 0 amide bonds. The van der Waals surface area contributed by atoms with Gasteiger partial charge in [-0.25, -0.2) is 0 Å². The molecule has 0 spiro atoms. The highest BCUT2D eigenvalue weighted by atomic mass is 16.5. The van der Waals surface area contributed by atoms with E-state index in [1.165, 1.54) is 0 Å². The van der Waals surface area contributed by atoms with Gasteiger partial charge in [0.25, 0.3) is 0 Å². The van der Waals surface area contributed by atoms with Gasteiger partial charge in [-0.3, -0.25) is 4.79 Å². The highest BCUT2D eigenvalue weighted by molar-refractivity contribution is 5.66. The van der Waals surface area contributed by atoms with Crippen molar-refractivity contribution >= 4 is 5.97 Å². The van der Waals surface area contributed by atoms with Gasteiger partial charge in [0.05, 0.1) is 13.0 Å². The minimum Gasteiger partial charge on any atom is -0.481 e. The smallest absolute Gasteiger partial charge is 0.304 e. The molecule has 0 atom stereocenters. The fourth-order valence-electron chi connectivity index (χ4n) is 1.02. The molecule has 1 heterocycles. The first-order chi connectivity index (χ1) is 7.39. The Kier molecular flexibility index (Phi) is 4.00. The summed E-state index contributed by atoms with van der Waals surface area (Å²) in [5.74, 6) is 0.311. The zero-order chi connectivity index (χ0) is 12.2. The van der Waals surface area contributed by atoms with Crippen molar-refractivity contribution in [2.75, 3.05) is 6.54 Å². The standard InChI is InChI=1S/C10H17N3O3/c1-10(2,3)9-12-7(16-13-9)6-11-5-4-8(14)15/h11H,4-6H2,1-3H3,(H,14,15). The number of aromatic nitrogens is 2. The summed E-state index contributed by atoms with van der Waals surface area (Å²) < 4.78 is 5.03. The van der Waals surface area contributed by atoms with Crippen LogP contribution in [0.3, 0.4) is 0 Å². The number of aliphatic carboxylic acids is 1. The fourth-order valence-corrected chi connectivity index (χ4v) is 1.02. The highest BCUT2D eigenvalue weighted by Crippen LogP contribution is 2.18. The molecule has 90 valence electrons. The van der Waals surface area contributed by atoms with Crippen LogP contribution in [-0.2, 0) is 16.8 Å². The normalized spacial score (nSPS) is 11.7. The Morgan fingerprint density at radius 1 is 1.50 bits per heavy atom. The van der Waals surface area contributed by atoms with Gasteiger partial charge in [-0.2, -0.15) is 4.98 Å². The van der Waals surface area contributed by atoms with Gasteiger partial charge >= 0.3 is 5.97 Å². The topological polar surface area (TPSA) is 88.2 Å². The Bertz CT molecular complexity index is 354. The first-order valence-corrected chi connectivity index (χ1v) is 5.15. The van der Waals surface area contributed by atoms with E-state index in [1.807, 2.05) is 20.8 Å². The van der Waals surface area contributed by atoms with E-state index in [0.29, 0.717) is 24.8 Å². The predicted molar refractivity (Wildman–Crippen MR) is 57.0 cm³/mol. The minimum atomic E-state index is -0.826. The molecule has 6 heteroatoms. The van der Waals surface area contributed by atoms with Crippen LogP contribution in [0.25, 0.3) is 0 Å². The summed E-state index contributed by atoms with van der Waals surface area (Å²) in [6.07, 6.45) is 0.0836. The van der Waals surface area contributed by atoms with Crippen molar-refractivity contribution in [1.29, 1.82) is 0 Å². The van der Waals surface area contributed by atoms with Crippen molar-refractivity contribution in [3.63, 3.8) is 0 Å². The van der Waals surface area contributed by atoms with Crippen LogP contribution in [0.15, 0.2) is 4.52 Å². The molecule has 0 bridgehead atoms. The van der Waals surface area contributed by atoms with E-state index in [1.54, 1.807) is 0 Å². The molecule has 0 saturated heterocycles. The Morgan fingerprint density at radius 3 is 2.69 bits per heavy atom.